The predicted molar refractivity (Wildman–Crippen MR) is 101 cm³/mol. The van der Waals surface area contributed by atoms with Gasteiger partial charge < -0.3 is 14.5 Å². The molecule has 2 aliphatic rings. The van der Waals surface area contributed by atoms with Crippen molar-refractivity contribution in [1.82, 2.24) is 9.80 Å². The van der Waals surface area contributed by atoms with Crippen LogP contribution >= 0.6 is 11.6 Å². The van der Waals surface area contributed by atoms with Crippen molar-refractivity contribution in [2.24, 2.45) is 0 Å². The average Bonchev–Trinajstić information content (AvgIpc) is 2.60. The number of hydrogen-bond acceptors (Lipinski definition) is 4. The summed E-state index contributed by atoms with van der Waals surface area (Å²) in [6.07, 6.45) is 0.221. The lowest BCUT2D eigenvalue weighted by molar-refractivity contribution is -0.148. The van der Waals surface area contributed by atoms with E-state index in [1.807, 2.05) is 43.9 Å². The number of amides is 1. The van der Waals surface area contributed by atoms with Gasteiger partial charge in [0.05, 0.1) is 18.2 Å². The first-order valence-electron chi connectivity index (χ1n) is 9.13. The van der Waals surface area contributed by atoms with Crippen LogP contribution < -0.4 is 4.90 Å². The van der Waals surface area contributed by atoms with Gasteiger partial charge in [-0.3, -0.25) is 9.69 Å². The van der Waals surface area contributed by atoms with Gasteiger partial charge in [-0.05, 0) is 39.0 Å². The number of halogens is 1. The van der Waals surface area contributed by atoms with E-state index in [0.717, 1.165) is 36.9 Å². The Morgan fingerprint density at radius 3 is 2.40 bits per heavy atom. The minimum absolute atomic E-state index is 0.0842. The van der Waals surface area contributed by atoms with Gasteiger partial charge in [-0.25, -0.2) is 0 Å². The van der Waals surface area contributed by atoms with Crippen LogP contribution in [-0.4, -0.2) is 73.2 Å². The number of anilines is 1. The maximum Gasteiger partial charge on any atom is 0.239 e. The molecule has 6 heteroatoms. The molecule has 0 spiro atoms. The number of carbonyl (C=O) groups excluding carboxylic acids is 1. The second-order valence-electron chi connectivity index (χ2n) is 7.18. The summed E-state index contributed by atoms with van der Waals surface area (Å²) in [7, 11) is 0. The number of nitrogens with zero attached hydrogens (tertiary/aromatic N) is 3. The van der Waals surface area contributed by atoms with Crippen LogP contribution in [0.1, 0.15) is 20.8 Å². The van der Waals surface area contributed by atoms with Crippen LogP contribution in [-0.2, 0) is 9.53 Å². The summed E-state index contributed by atoms with van der Waals surface area (Å²) in [5.41, 5.74) is 1.15. The Hall–Kier alpha value is -1.30. The van der Waals surface area contributed by atoms with E-state index in [4.69, 9.17) is 16.3 Å². The summed E-state index contributed by atoms with van der Waals surface area (Å²) in [6, 6.07) is 7.89. The summed E-state index contributed by atoms with van der Waals surface area (Å²) < 4.78 is 5.74. The zero-order chi connectivity index (χ0) is 18.0. The summed E-state index contributed by atoms with van der Waals surface area (Å²) in [4.78, 5) is 19.5. The Bertz CT molecular complexity index is 594. The molecule has 2 aliphatic heterocycles. The molecule has 2 heterocycles. The van der Waals surface area contributed by atoms with Crippen molar-refractivity contribution in [3.8, 4) is 0 Å². The molecule has 1 aromatic rings. The van der Waals surface area contributed by atoms with E-state index in [-0.39, 0.29) is 24.2 Å². The van der Waals surface area contributed by atoms with E-state index in [2.05, 4.69) is 15.9 Å². The predicted octanol–water partition coefficient (Wildman–Crippen LogP) is 2.49. The Kier molecular flexibility index (Phi) is 5.87. The van der Waals surface area contributed by atoms with Crippen LogP contribution in [0.15, 0.2) is 24.3 Å². The first kappa shape index (κ1) is 18.5. The molecule has 0 bridgehead atoms. The average molecular weight is 366 g/mol. The SMILES string of the molecule is C[C@@H]1CN(C(=O)[C@H](C)N2CCN(c3cccc(Cl)c3)CC2)C[C@H](C)O1. The first-order chi connectivity index (χ1) is 11.9. The van der Waals surface area contributed by atoms with Crippen molar-refractivity contribution in [1.29, 1.82) is 0 Å². The summed E-state index contributed by atoms with van der Waals surface area (Å²) in [6.45, 7) is 11.1. The van der Waals surface area contributed by atoms with E-state index in [1.165, 1.54) is 0 Å². The lowest BCUT2D eigenvalue weighted by Crippen LogP contribution is -2.57. The van der Waals surface area contributed by atoms with Crippen LogP contribution in [0.4, 0.5) is 5.69 Å². The fourth-order valence-electron chi connectivity index (χ4n) is 3.82. The Morgan fingerprint density at radius 2 is 1.80 bits per heavy atom. The van der Waals surface area contributed by atoms with Gasteiger partial charge in [0.25, 0.3) is 0 Å². The van der Waals surface area contributed by atoms with Crippen LogP contribution in [0.2, 0.25) is 5.02 Å². The molecule has 25 heavy (non-hydrogen) atoms. The molecule has 138 valence electrons. The van der Waals surface area contributed by atoms with Gasteiger partial charge >= 0.3 is 0 Å². The normalized spacial score (nSPS) is 26.6. The van der Waals surface area contributed by atoms with Crippen LogP contribution in [0, 0.1) is 0 Å². The van der Waals surface area contributed by atoms with E-state index < -0.39 is 0 Å². The van der Waals surface area contributed by atoms with Crippen LogP contribution in [0.3, 0.4) is 0 Å². The molecule has 0 aliphatic carbocycles. The molecule has 2 fully saturated rings. The molecule has 0 N–H and O–H groups in total. The van der Waals surface area contributed by atoms with E-state index >= 15 is 0 Å². The second-order valence-corrected chi connectivity index (χ2v) is 7.62. The van der Waals surface area contributed by atoms with Gasteiger partial charge in [0.2, 0.25) is 5.91 Å². The molecule has 3 atom stereocenters. The summed E-state index contributed by atoms with van der Waals surface area (Å²) in [5, 5.41) is 0.763. The van der Waals surface area contributed by atoms with E-state index in [0.29, 0.717) is 13.1 Å². The smallest absolute Gasteiger partial charge is 0.239 e. The van der Waals surface area contributed by atoms with Crippen molar-refractivity contribution in [2.45, 2.75) is 39.0 Å². The van der Waals surface area contributed by atoms with Gasteiger partial charge in [-0.1, -0.05) is 17.7 Å². The third-order valence-electron chi connectivity index (χ3n) is 5.12. The number of hydrogen-bond donors (Lipinski definition) is 0. The molecule has 3 rings (SSSR count). The first-order valence-corrected chi connectivity index (χ1v) is 9.50. The number of morpholine rings is 1. The maximum absolute atomic E-state index is 12.9. The molecule has 0 saturated carbocycles. The van der Waals surface area contributed by atoms with Crippen molar-refractivity contribution < 1.29 is 9.53 Å². The van der Waals surface area contributed by atoms with Gasteiger partial charge in [0.1, 0.15) is 0 Å². The fourth-order valence-corrected chi connectivity index (χ4v) is 4.00. The molecular weight excluding hydrogens is 338 g/mol. The third-order valence-corrected chi connectivity index (χ3v) is 5.36. The number of ether oxygens (including phenoxy) is 1. The number of rotatable bonds is 3. The quantitative estimate of drug-likeness (QED) is 0.824. The Morgan fingerprint density at radius 1 is 1.16 bits per heavy atom. The summed E-state index contributed by atoms with van der Waals surface area (Å²) in [5.74, 6) is 0.221. The molecule has 5 nitrogen and oxygen atoms in total. The van der Waals surface area contributed by atoms with Crippen molar-refractivity contribution in [3.05, 3.63) is 29.3 Å². The van der Waals surface area contributed by atoms with E-state index in [9.17, 15) is 4.79 Å². The van der Waals surface area contributed by atoms with Gasteiger partial charge in [-0.2, -0.15) is 0 Å². The molecule has 0 aromatic heterocycles. The van der Waals surface area contributed by atoms with Crippen LogP contribution in [0.25, 0.3) is 0 Å². The Labute approximate surface area is 155 Å². The standard InChI is InChI=1S/C19H28ClN3O2/c1-14-12-23(13-15(2)25-14)19(24)16(3)21-7-9-22(10-8-21)18-6-4-5-17(20)11-18/h4-6,11,14-16H,7-10,12-13H2,1-3H3/t14-,15+,16-/m0/s1. The molecule has 1 aromatic carbocycles. The molecule has 2 saturated heterocycles. The second kappa shape index (κ2) is 7.94. The lowest BCUT2D eigenvalue weighted by atomic mass is 10.1. The van der Waals surface area contributed by atoms with E-state index in [1.54, 1.807) is 0 Å². The van der Waals surface area contributed by atoms with Gasteiger partial charge in [-0.15, -0.1) is 0 Å². The van der Waals surface area contributed by atoms with Crippen molar-refractivity contribution >= 4 is 23.2 Å². The monoisotopic (exact) mass is 365 g/mol. The molecule has 0 radical (unpaired) electrons. The molecule has 1 amide bonds. The fraction of sp³-hybridized carbons (Fsp3) is 0.632. The van der Waals surface area contributed by atoms with Gasteiger partial charge in [0, 0.05) is 50.0 Å². The topological polar surface area (TPSA) is 36.0 Å². The number of carbonyl (C=O) groups is 1. The zero-order valence-corrected chi connectivity index (χ0v) is 16.1. The molecular formula is C19H28ClN3O2. The van der Waals surface area contributed by atoms with Crippen LogP contribution in [0.5, 0.6) is 0 Å². The Balaban J connectivity index is 1.56. The highest BCUT2D eigenvalue weighted by Gasteiger charge is 2.32. The van der Waals surface area contributed by atoms with Crippen molar-refractivity contribution in [2.75, 3.05) is 44.2 Å². The van der Waals surface area contributed by atoms with Crippen molar-refractivity contribution in [3.63, 3.8) is 0 Å². The largest absolute Gasteiger partial charge is 0.372 e. The maximum atomic E-state index is 12.9. The molecule has 0 unspecified atom stereocenters. The minimum atomic E-state index is -0.0842. The highest BCUT2D eigenvalue weighted by Crippen LogP contribution is 2.22. The van der Waals surface area contributed by atoms with Gasteiger partial charge in [0.15, 0.2) is 0 Å². The highest BCUT2D eigenvalue weighted by atomic mass is 35.5. The lowest BCUT2D eigenvalue weighted by Gasteiger charge is -2.42. The zero-order valence-electron chi connectivity index (χ0n) is 15.3. The minimum Gasteiger partial charge on any atom is -0.372 e. The highest BCUT2D eigenvalue weighted by molar-refractivity contribution is 6.30. The summed E-state index contributed by atoms with van der Waals surface area (Å²) >= 11 is 6.10. The number of piperazine rings is 1. The third kappa shape index (κ3) is 4.46. The number of benzene rings is 1.